The monoisotopic (exact) mass is 266 g/mol. The number of benzene rings is 1. The molecule has 4 nitrogen and oxygen atoms in total. The second-order valence-electron chi connectivity index (χ2n) is 4.56. The van der Waals surface area contributed by atoms with Crippen molar-refractivity contribution >= 4 is 17.7 Å². The van der Waals surface area contributed by atoms with Crippen molar-refractivity contribution in [1.82, 2.24) is 0 Å². The van der Waals surface area contributed by atoms with Crippen molar-refractivity contribution in [1.29, 1.82) is 0 Å². The van der Waals surface area contributed by atoms with Crippen LogP contribution in [0.25, 0.3) is 0 Å². The highest BCUT2D eigenvalue weighted by Crippen LogP contribution is 2.49. The Morgan fingerprint density at radius 1 is 1.22 bits per heavy atom. The van der Waals surface area contributed by atoms with Crippen molar-refractivity contribution in [3.8, 4) is 11.5 Å². The zero-order chi connectivity index (χ0) is 12.6. The molecular weight excluding hydrogens is 252 g/mol. The molecule has 0 aromatic heterocycles. The van der Waals surface area contributed by atoms with Crippen LogP contribution >= 0.6 is 11.8 Å². The summed E-state index contributed by atoms with van der Waals surface area (Å²) in [5, 5.41) is 9.31. The number of rotatable bonds is 3. The van der Waals surface area contributed by atoms with Gasteiger partial charge in [-0.3, -0.25) is 4.79 Å². The Balaban J connectivity index is 1.82. The normalized spacial score (nSPS) is 20.0. The van der Waals surface area contributed by atoms with Gasteiger partial charge < -0.3 is 14.6 Å². The number of carbonyl (C=O) groups is 1. The van der Waals surface area contributed by atoms with Gasteiger partial charge in [-0.25, -0.2) is 0 Å². The summed E-state index contributed by atoms with van der Waals surface area (Å²) in [6.45, 7) is 1.11. The summed E-state index contributed by atoms with van der Waals surface area (Å²) < 4.78 is 10.3. The number of hydrogen-bond donors (Lipinski definition) is 1. The summed E-state index contributed by atoms with van der Waals surface area (Å²) in [6, 6.07) is 5.63. The summed E-state index contributed by atoms with van der Waals surface area (Å²) in [5.41, 5.74) is 0. The fraction of sp³-hybridized carbons (Fsp3) is 0.462. The minimum Gasteiger partial charge on any atom is -0.486 e. The van der Waals surface area contributed by atoms with Crippen LogP contribution in [0.15, 0.2) is 23.1 Å². The molecule has 1 heterocycles. The number of hydrogen-bond acceptors (Lipinski definition) is 4. The van der Waals surface area contributed by atoms with Crippen molar-refractivity contribution < 1.29 is 19.4 Å². The van der Waals surface area contributed by atoms with E-state index in [4.69, 9.17) is 9.47 Å². The molecule has 1 aromatic carbocycles. The molecule has 96 valence electrons. The van der Waals surface area contributed by atoms with Crippen LogP contribution in [0.4, 0.5) is 0 Å². The summed E-state index contributed by atoms with van der Waals surface area (Å²) >= 11 is 1.42. The van der Waals surface area contributed by atoms with Crippen LogP contribution in [-0.2, 0) is 4.79 Å². The second kappa shape index (κ2) is 4.39. The first-order valence-electron chi connectivity index (χ1n) is 6.02. The first-order chi connectivity index (χ1) is 8.70. The number of fused-ring (bicyclic) bond motifs is 1. The first-order valence-corrected chi connectivity index (χ1v) is 6.83. The Kier molecular flexibility index (Phi) is 2.86. The molecule has 3 rings (SSSR count). The van der Waals surface area contributed by atoms with Gasteiger partial charge in [0.05, 0.1) is 0 Å². The maximum Gasteiger partial charge on any atom is 0.320 e. The van der Waals surface area contributed by atoms with E-state index in [1.807, 2.05) is 18.2 Å². The lowest BCUT2D eigenvalue weighted by Gasteiger charge is -2.36. The van der Waals surface area contributed by atoms with Crippen molar-refractivity contribution in [3.05, 3.63) is 18.2 Å². The molecular formula is C13H14O4S. The van der Waals surface area contributed by atoms with Crippen molar-refractivity contribution in [3.63, 3.8) is 0 Å². The lowest BCUT2D eigenvalue weighted by Crippen LogP contribution is -2.41. The Labute approximate surface area is 109 Å². The zero-order valence-corrected chi connectivity index (χ0v) is 10.7. The molecule has 0 radical (unpaired) electrons. The molecule has 0 atom stereocenters. The van der Waals surface area contributed by atoms with Crippen LogP contribution in [0.3, 0.4) is 0 Å². The van der Waals surface area contributed by atoms with E-state index >= 15 is 0 Å². The quantitative estimate of drug-likeness (QED) is 0.911. The Morgan fingerprint density at radius 3 is 2.56 bits per heavy atom. The molecule has 1 aliphatic carbocycles. The molecule has 1 fully saturated rings. The molecule has 0 bridgehead atoms. The molecule has 1 N–H and O–H groups in total. The fourth-order valence-electron chi connectivity index (χ4n) is 2.17. The van der Waals surface area contributed by atoms with Crippen molar-refractivity contribution in [2.24, 2.45) is 0 Å². The van der Waals surface area contributed by atoms with Crippen LogP contribution in [0.1, 0.15) is 19.3 Å². The van der Waals surface area contributed by atoms with E-state index in [0.29, 0.717) is 19.0 Å². The number of thioether (sulfide) groups is 1. The van der Waals surface area contributed by atoms with Crippen molar-refractivity contribution in [2.75, 3.05) is 13.2 Å². The highest BCUT2D eigenvalue weighted by molar-refractivity contribution is 8.01. The number of aliphatic carboxylic acids is 1. The van der Waals surface area contributed by atoms with Gasteiger partial charge in [0.1, 0.15) is 18.0 Å². The predicted molar refractivity (Wildman–Crippen MR) is 67.5 cm³/mol. The van der Waals surface area contributed by atoms with Crippen LogP contribution in [0.5, 0.6) is 11.5 Å². The maximum atomic E-state index is 11.3. The van der Waals surface area contributed by atoms with Gasteiger partial charge in [-0.05, 0) is 37.5 Å². The summed E-state index contributed by atoms with van der Waals surface area (Å²) in [5.74, 6) is 0.739. The molecule has 1 aromatic rings. The van der Waals surface area contributed by atoms with Gasteiger partial charge >= 0.3 is 5.97 Å². The van der Waals surface area contributed by atoms with Gasteiger partial charge in [-0.1, -0.05) is 0 Å². The SMILES string of the molecule is O=C(O)C1(Sc2ccc3c(c2)OCCO3)CCC1. The number of ether oxygens (including phenoxy) is 2. The number of carboxylic acids is 1. The smallest absolute Gasteiger partial charge is 0.320 e. The molecule has 2 aliphatic rings. The van der Waals surface area contributed by atoms with Gasteiger partial charge in [0.2, 0.25) is 0 Å². The predicted octanol–water partition coefficient (Wildman–Crippen LogP) is 2.56. The van der Waals surface area contributed by atoms with E-state index in [-0.39, 0.29) is 0 Å². The highest BCUT2D eigenvalue weighted by atomic mass is 32.2. The standard InChI is InChI=1S/C13H14O4S/c14-12(15)13(4-1-5-13)18-9-2-3-10-11(8-9)17-7-6-16-10/h2-3,8H,1,4-7H2,(H,14,15). The Hall–Kier alpha value is -1.36. The van der Waals surface area contributed by atoms with Gasteiger partial charge in [0, 0.05) is 4.90 Å². The molecule has 1 saturated carbocycles. The topological polar surface area (TPSA) is 55.8 Å². The lowest BCUT2D eigenvalue weighted by molar-refractivity contribution is -0.142. The van der Waals surface area contributed by atoms with Crippen LogP contribution in [0, 0.1) is 0 Å². The molecule has 0 spiro atoms. The van der Waals surface area contributed by atoms with Gasteiger partial charge in [-0.15, -0.1) is 11.8 Å². The minimum atomic E-state index is -0.714. The molecule has 0 unspecified atom stereocenters. The largest absolute Gasteiger partial charge is 0.486 e. The number of carboxylic acid groups (broad SMARTS) is 1. The maximum absolute atomic E-state index is 11.3. The fourth-order valence-corrected chi connectivity index (χ4v) is 3.50. The van der Waals surface area contributed by atoms with Crippen molar-refractivity contribution in [2.45, 2.75) is 28.9 Å². The third-order valence-corrected chi connectivity index (χ3v) is 4.84. The van der Waals surface area contributed by atoms with Gasteiger partial charge in [0.15, 0.2) is 11.5 Å². The lowest BCUT2D eigenvalue weighted by atomic mass is 9.84. The van der Waals surface area contributed by atoms with E-state index in [9.17, 15) is 9.90 Å². The third kappa shape index (κ3) is 1.92. The van der Waals surface area contributed by atoms with E-state index in [0.717, 1.165) is 29.9 Å². The molecule has 5 heteroatoms. The van der Waals surface area contributed by atoms with E-state index < -0.39 is 10.7 Å². The van der Waals surface area contributed by atoms with Crippen LogP contribution in [-0.4, -0.2) is 29.0 Å². The average Bonchev–Trinajstić information content (AvgIpc) is 2.33. The van der Waals surface area contributed by atoms with E-state index in [1.54, 1.807) is 0 Å². The minimum absolute atomic E-state index is 0.547. The Bertz CT molecular complexity index is 482. The summed E-state index contributed by atoms with van der Waals surface area (Å²) in [4.78, 5) is 12.3. The first kappa shape index (κ1) is 11.7. The highest BCUT2D eigenvalue weighted by Gasteiger charge is 2.45. The molecule has 1 aliphatic heterocycles. The Morgan fingerprint density at radius 2 is 1.94 bits per heavy atom. The zero-order valence-electron chi connectivity index (χ0n) is 9.85. The van der Waals surface area contributed by atoms with E-state index in [2.05, 4.69) is 0 Å². The third-order valence-electron chi connectivity index (χ3n) is 3.38. The van der Waals surface area contributed by atoms with Crippen LogP contribution in [0.2, 0.25) is 0 Å². The molecule has 0 amide bonds. The molecule has 18 heavy (non-hydrogen) atoms. The van der Waals surface area contributed by atoms with Crippen LogP contribution < -0.4 is 9.47 Å². The average molecular weight is 266 g/mol. The van der Waals surface area contributed by atoms with Gasteiger partial charge in [-0.2, -0.15) is 0 Å². The van der Waals surface area contributed by atoms with E-state index in [1.165, 1.54) is 11.8 Å². The second-order valence-corrected chi connectivity index (χ2v) is 6.02. The summed E-state index contributed by atoms with van der Waals surface area (Å²) in [6.07, 6.45) is 2.47. The van der Waals surface area contributed by atoms with Gasteiger partial charge in [0.25, 0.3) is 0 Å². The molecule has 0 saturated heterocycles. The summed E-state index contributed by atoms with van der Waals surface area (Å²) in [7, 11) is 0.